The van der Waals surface area contributed by atoms with Crippen molar-refractivity contribution in [3.63, 3.8) is 0 Å². The SMILES string of the molecule is C[C@H]1C[C@@H](n2c(Nc3ccc(OC(F)(F)F)cc3)nc3cc(CCC(=O)O)ccc32)CC(C)(CO)C1. The molecule has 1 aliphatic carbocycles. The van der Waals surface area contributed by atoms with E-state index in [1.54, 1.807) is 0 Å². The topological polar surface area (TPSA) is 96.6 Å². The number of fused-ring (bicyclic) bond motifs is 1. The first-order valence-corrected chi connectivity index (χ1v) is 11.9. The molecule has 1 fully saturated rings. The maximum absolute atomic E-state index is 12.5. The van der Waals surface area contributed by atoms with Gasteiger partial charge in [-0.3, -0.25) is 4.79 Å². The Bertz CT molecular complexity index is 1230. The Morgan fingerprint density at radius 3 is 2.58 bits per heavy atom. The summed E-state index contributed by atoms with van der Waals surface area (Å²) in [4.78, 5) is 15.8. The average molecular weight is 506 g/mol. The number of alkyl halides is 3. The Labute approximate surface area is 206 Å². The smallest absolute Gasteiger partial charge is 0.481 e. The highest BCUT2D eigenvalue weighted by molar-refractivity contribution is 5.81. The van der Waals surface area contributed by atoms with Crippen molar-refractivity contribution in [1.29, 1.82) is 0 Å². The number of hydrogen-bond acceptors (Lipinski definition) is 5. The minimum atomic E-state index is -4.77. The zero-order valence-electron chi connectivity index (χ0n) is 20.2. The third-order valence-electron chi connectivity index (χ3n) is 6.72. The van der Waals surface area contributed by atoms with E-state index in [1.165, 1.54) is 24.3 Å². The van der Waals surface area contributed by atoms with Crippen molar-refractivity contribution >= 4 is 28.6 Å². The van der Waals surface area contributed by atoms with Gasteiger partial charge in [0.15, 0.2) is 0 Å². The van der Waals surface area contributed by atoms with Crippen LogP contribution in [0, 0.1) is 11.3 Å². The van der Waals surface area contributed by atoms with Crippen molar-refractivity contribution in [1.82, 2.24) is 9.55 Å². The number of aryl methyl sites for hydroxylation is 1. The van der Waals surface area contributed by atoms with E-state index in [0.29, 0.717) is 29.5 Å². The van der Waals surface area contributed by atoms with E-state index >= 15 is 0 Å². The summed E-state index contributed by atoms with van der Waals surface area (Å²) in [6.45, 7) is 4.31. The zero-order chi connectivity index (χ0) is 26.1. The molecule has 10 heteroatoms. The van der Waals surface area contributed by atoms with Crippen molar-refractivity contribution in [2.75, 3.05) is 11.9 Å². The fourth-order valence-electron chi connectivity index (χ4n) is 5.33. The summed E-state index contributed by atoms with van der Waals surface area (Å²) >= 11 is 0. The maximum Gasteiger partial charge on any atom is 0.573 e. The fraction of sp³-hybridized carbons (Fsp3) is 0.462. The Hall–Kier alpha value is -3.27. The van der Waals surface area contributed by atoms with E-state index in [0.717, 1.165) is 30.3 Å². The maximum atomic E-state index is 12.5. The molecule has 2 aromatic carbocycles. The molecular weight excluding hydrogens is 475 g/mol. The molecule has 194 valence electrons. The van der Waals surface area contributed by atoms with Gasteiger partial charge in [-0.05, 0) is 79.0 Å². The molecule has 0 spiro atoms. The quantitative estimate of drug-likeness (QED) is 0.345. The number of hydrogen-bond donors (Lipinski definition) is 3. The van der Waals surface area contributed by atoms with Crippen LogP contribution in [0.2, 0.25) is 0 Å². The van der Waals surface area contributed by atoms with Gasteiger partial charge in [0.1, 0.15) is 5.75 Å². The zero-order valence-corrected chi connectivity index (χ0v) is 20.2. The number of carbonyl (C=O) groups is 1. The molecule has 0 bridgehead atoms. The van der Waals surface area contributed by atoms with E-state index in [-0.39, 0.29) is 30.2 Å². The lowest BCUT2D eigenvalue weighted by atomic mass is 9.69. The number of aliphatic hydroxyl groups is 1. The van der Waals surface area contributed by atoms with Gasteiger partial charge in [-0.25, -0.2) is 4.98 Å². The van der Waals surface area contributed by atoms with Crippen LogP contribution in [-0.2, 0) is 11.2 Å². The summed E-state index contributed by atoms with van der Waals surface area (Å²) in [6, 6.07) is 11.2. The van der Waals surface area contributed by atoms with Crippen LogP contribution in [0.3, 0.4) is 0 Å². The van der Waals surface area contributed by atoms with Crippen molar-refractivity contribution < 1.29 is 32.9 Å². The number of carboxylic acid groups (broad SMARTS) is 1. The molecule has 0 amide bonds. The number of aromatic nitrogens is 2. The number of rotatable bonds is 8. The predicted octanol–water partition coefficient (Wildman–Crippen LogP) is 6.06. The largest absolute Gasteiger partial charge is 0.573 e. The molecule has 4 rings (SSSR count). The molecule has 1 unspecified atom stereocenters. The van der Waals surface area contributed by atoms with Gasteiger partial charge in [0, 0.05) is 24.8 Å². The lowest BCUT2D eigenvalue weighted by Crippen LogP contribution is -2.34. The Kier molecular flexibility index (Phi) is 7.17. The number of ether oxygens (including phenoxy) is 1. The molecule has 1 aromatic heterocycles. The van der Waals surface area contributed by atoms with Gasteiger partial charge in [-0.1, -0.05) is 19.9 Å². The van der Waals surface area contributed by atoms with E-state index in [2.05, 4.69) is 28.5 Å². The number of aliphatic hydroxyl groups excluding tert-OH is 1. The molecular formula is C26H30F3N3O4. The van der Waals surface area contributed by atoms with Gasteiger partial charge in [-0.15, -0.1) is 13.2 Å². The Morgan fingerprint density at radius 2 is 1.94 bits per heavy atom. The van der Waals surface area contributed by atoms with E-state index < -0.39 is 12.3 Å². The number of anilines is 2. The molecule has 0 aliphatic heterocycles. The first kappa shape index (κ1) is 25.8. The number of imidazole rings is 1. The molecule has 3 aromatic rings. The van der Waals surface area contributed by atoms with Crippen LogP contribution in [0.1, 0.15) is 51.1 Å². The minimum Gasteiger partial charge on any atom is -0.481 e. The number of carboxylic acids is 1. The van der Waals surface area contributed by atoms with Crippen molar-refractivity contribution in [2.45, 2.75) is 58.4 Å². The number of aliphatic carboxylic acids is 1. The van der Waals surface area contributed by atoms with Crippen LogP contribution in [0.4, 0.5) is 24.8 Å². The number of nitrogens with one attached hydrogen (secondary N) is 1. The van der Waals surface area contributed by atoms with Crippen molar-refractivity contribution in [2.24, 2.45) is 11.3 Å². The third kappa shape index (κ3) is 6.10. The fourth-order valence-corrected chi connectivity index (χ4v) is 5.33. The molecule has 7 nitrogen and oxygen atoms in total. The van der Waals surface area contributed by atoms with Crippen molar-refractivity contribution in [3.8, 4) is 5.75 Å². The van der Waals surface area contributed by atoms with Crippen LogP contribution in [0.15, 0.2) is 42.5 Å². The summed E-state index contributed by atoms with van der Waals surface area (Å²) < 4.78 is 43.6. The van der Waals surface area contributed by atoms with Crippen LogP contribution in [0.25, 0.3) is 11.0 Å². The second-order valence-corrected chi connectivity index (χ2v) is 10.1. The lowest BCUT2D eigenvalue weighted by molar-refractivity contribution is -0.274. The molecule has 3 N–H and O–H groups in total. The van der Waals surface area contributed by atoms with Gasteiger partial charge in [-0.2, -0.15) is 0 Å². The van der Waals surface area contributed by atoms with E-state index in [4.69, 9.17) is 10.1 Å². The molecule has 36 heavy (non-hydrogen) atoms. The van der Waals surface area contributed by atoms with Gasteiger partial charge in [0.25, 0.3) is 0 Å². The first-order valence-electron chi connectivity index (χ1n) is 11.9. The molecule has 0 saturated heterocycles. The van der Waals surface area contributed by atoms with E-state index in [1.807, 2.05) is 18.2 Å². The lowest BCUT2D eigenvalue weighted by Gasteiger charge is -2.41. The van der Waals surface area contributed by atoms with Crippen molar-refractivity contribution in [3.05, 3.63) is 48.0 Å². The number of nitrogens with zero attached hydrogens (tertiary/aromatic N) is 2. The van der Waals surface area contributed by atoms with E-state index in [9.17, 15) is 23.1 Å². The first-order chi connectivity index (χ1) is 16.9. The van der Waals surface area contributed by atoms with Crippen LogP contribution < -0.4 is 10.1 Å². The van der Waals surface area contributed by atoms with Gasteiger partial charge in [0.05, 0.1) is 11.0 Å². The number of benzene rings is 2. The monoisotopic (exact) mass is 505 g/mol. The third-order valence-corrected chi connectivity index (χ3v) is 6.72. The highest BCUT2D eigenvalue weighted by Gasteiger charge is 2.37. The molecule has 1 aliphatic rings. The van der Waals surface area contributed by atoms with Crippen LogP contribution in [-0.4, -0.2) is 38.7 Å². The summed E-state index contributed by atoms with van der Waals surface area (Å²) in [5, 5.41) is 22.3. The second kappa shape index (κ2) is 10.0. The molecule has 1 saturated carbocycles. The molecule has 0 radical (unpaired) electrons. The summed E-state index contributed by atoms with van der Waals surface area (Å²) in [5.41, 5.74) is 2.72. The van der Waals surface area contributed by atoms with Crippen LogP contribution in [0.5, 0.6) is 5.75 Å². The Morgan fingerprint density at radius 1 is 1.22 bits per heavy atom. The standard InChI is InChI=1S/C26H30F3N3O4/c1-16-11-19(14-25(2,13-16)15-33)32-22-9-3-17(4-10-23(34)35)12-21(22)31-24(32)30-18-5-7-20(8-6-18)36-26(27,28)29/h3,5-9,12,16,19,33H,4,10-11,13-15H2,1-2H3,(H,30,31)(H,34,35)/t16-,19+,25?/m0/s1. The predicted molar refractivity (Wildman–Crippen MR) is 129 cm³/mol. The molecule has 3 atom stereocenters. The van der Waals surface area contributed by atoms with Gasteiger partial charge in [0.2, 0.25) is 5.95 Å². The Balaban J connectivity index is 1.71. The van der Waals surface area contributed by atoms with Gasteiger partial charge < -0.3 is 24.8 Å². The highest BCUT2D eigenvalue weighted by Crippen LogP contribution is 2.46. The minimum absolute atomic E-state index is 0.0126. The second-order valence-electron chi connectivity index (χ2n) is 10.1. The van der Waals surface area contributed by atoms with Crippen LogP contribution >= 0.6 is 0 Å². The average Bonchev–Trinajstić information content (AvgIpc) is 3.14. The summed E-state index contributed by atoms with van der Waals surface area (Å²) in [5.74, 6) is -0.283. The number of halogens is 3. The summed E-state index contributed by atoms with van der Waals surface area (Å²) in [6.07, 6.45) is -1.83. The molecule has 1 heterocycles. The van der Waals surface area contributed by atoms with Gasteiger partial charge >= 0.3 is 12.3 Å². The highest BCUT2D eigenvalue weighted by atomic mass is 19.4. The normalized spacial score (nSPS) is 22.5. The summed E-state index contributed by atoms with van der Waals surface area (Å²) in [7, 11) is 0.